The minimum absolute atomic E-state index is 0.0116. The smallest absolute Gasteiger partial charge is 0.350 e. The summed E-state index contributed by atoms with van der Waals surface area (Å²) in [7, 11) is 10.2. The van der Waals surface area contributed by atoms with Gasteiger partial charge in [-0.1, -0.05) is 11.6 Å². The Morgan fingerprint density at radius 2 is 1.55 bits per heavy atom. The number of carbonyl (C=O) groups excluding carboxylic acids is 1. The number of aliphatic carboxylic acids is 1. The van der Waals surface area contributed by atoms with E-state index in [1.54, 1.807) is 35.5 Å². The molecule has 3 rings (SSSR count). The Bertz CT molecular complexity index is 1240. The van der Waals surface area contributed by atoms with Crippen molar-refractivity contribution in [3.8, 4) is 28.7 Å². The van der Waals surface area contributed by atoms with Crippen LogP contribution in [0, 0.1) is 0 Å². The first kappa shape index (κ1) is 30.9. The number of hydrogen-bond acceptors (Lipinski definition) is 8. The highest BCUT2D eigenvalue weighted by Crippen LogP contribution is 2.44. The van der Waals surface area contributed by atoms with Gasteiger partial charge in [0, 0.05) is 30.9 Å². The number of ether oxygens (including phenoxy) is 6. The van der Waals surface area contributed by atoms with Gasteiger partial charge in [0.2, 0.25) is 5.75 Å². The molecular formula is C29H37ClNO9+. The molecule has 218 valence electrons. The second-order valence-electron chi connectivity index (χ2n) is 9.66. The van der Waals surface area contributed by atoms with Crippen LogP contribution in [-0.4, -0.2) is 83.8 Å². The number of esters is 1. The number of halogens is 1. The standard InChI is InChI=1S/C29H36ClNO9/c1-31(9-7-11-40-29(34)21(30)17-27(32)33)10-8-19-15-23(35-2)24(36-3)16-20(19)22(31)12-18-13-25(37-4)28(39-6)26(14-18)38-5/h13-17,22H,7-12H2,1-6H3/p+1/b21-17-/t22-,31-/m1/s1. The van der Waals surface area contributed by atoms with Gasteiger partial charge in [-0.15, -0.1) is 0 Å². The molecular weight excluding hydrogens is 542 g/mol. The van der Waals surface area contributed by atoms with Crippen molar-refractivity contribution in [1.82, 2.24) is 0 Å². The fraction of sp³-hybridized carbons (Fsp3) is 0.448. The van der Waals surface area contributed by atoms with E-state index in [4.69, 9.17) is 45.1 Å². The maximum atomic E-state index is 12.0. The molecule has 2 atom stereocenters. The van der Waals surface area contributed by atoms with Gasteiger partial charge in [0.05, 0.1) is 62.3 Å². The predicted octanol–water partition coefficient (Wildman–Crippen LogP) is 4.16. The Balaban J connectivity index is 1.94. The normalized spacial score (nSPS) is 18.4. The highest BCUT2D eigenvalue weighted by Gasteiger charge is 2.40. The van der Waals surface area contributed by atoms with Gasteiger partial charge < -0.3 is 38.0 Å². The van der Waals surface area contributed by atoms with Crippen LogP contribution in [0.5, 0.6) is 28.7 Å². The first-order valence-corrected chi connectivity index (χ1v) is 13.1. The van der Waals surface area contributed by atoms with Crippen molar-refractivity contribution >= 4 is 23.5 Å². The molecule has 40 heavy (non-hydrogen) atoms. The Morgan fingerprint density at radius 1 is 0.950 bits per heavy atom. The zero-order valence-corrected chi connectivity index (χ0v) is 24.5. The third kappa shape index (κ3) is 6.92. The molecule has 0 radical (unpaired) electrons. The van der Waals surface area contributed by atoms with Crippen LogP contribution in [0.2, 0.25) is 0 Å². The summed E-state index contributed by atoms with van der Waals surface area (Å²) < 4.78 is 33.8. The number of hydrogen-bond donors (Lipinski definition) is 1. The molecule has 0 aliphatic carbocycles. The third-order valence-corrected chi connectivity index (χ3v) is 7.56. The molecule has 0 bridgehead atoms. The largest absolute Gasteiger partial charge is 0.493 e. The van der Waals surface area contributed by atoms with Crippen LogP contribution in [0.1, 0.15) is 29.2 Å². The van der Waals surface area contributed by atoms with Gasteiger partial charge >= 0.3 is 11.9 Å². The number of carboxylic acids is 1. The van der Waals surface area contributed by atoms with Crippen LogP contribution in [0.15, 0.2) is 35.4 Å². The Labute approximate surface area is 239 Å². The number of carbonyl (C=O) groups is 2. The monoisotopic (exact) mass is 578 g/mol. The van der Waals surface area contributed by atoms with Crippen molar-refractivity contribution in [3.05, 3.63) is 52.1 Å². The molecule has 1 heterocycles. The number of benzene rings is 2. The van der Waals surface area contributed by atoms with Gasteiger partial charge in [-0.25, -0.2) is 9.59 Å². The summed E-state index contributed by atoms with van der Waals surface area (Å²) in [5, 5.41) is 8.32. The fourth-order valence-corrected chi connectivity index (χ4v) is 5.38. The van der Waals surface area contributed by atoms with Crippen LogP contribution in [0.4, 0.5) is 0 Å². The van der Waals surface area contributed by atoms with E-state index in [1.165, 1.54) is 5.56 Å². The van der Waals surface area contributed by atoms with E-state index in [0.29, 0.717) is 58.7 Å². The summed E-state index contributed by atoms with van der Waals surface area (Å²) in [5.74, 6) is 0.842. The molecule has 0 aromatic heterocycles. The minimum atomic E-state index is -1.31. The quantitative estimate of drug-likeness (QED) is 0.162. The Hall–Kier alpha value is -3.63. The van der Waals surface area contributed by atoms with Gasteiger partial charge in [0.15, 0.2) is 23.0 Å². The Kier molecular flexibility index (Phi) is 10.5. The highest BCUT2D eigenvalue weighted by atomic mass is 35.5. The van der Waals surface area contributed by atoms with Gasteiger partial charge in [-0.05, 0) is 35.4 Å². The number of fused-ring (bicyclic) bond motifs is 1. The van der Waals surface area contributed by atoms with Crippen molar-refractivity contribution < 1.29 is 47.6 Å². The lowest BCUT2D eigenvalue weighted by Crippen LogP contribution is -2.52. The lowest BCUT2D eigenvalue weighted by molar-refractivity contribution is -0.941. The van der Waals surface area contributed by atoms with Crippen molar-refractivity contribution in [1.29, 1.82) is 0 Å². The zero-order valence-electron chi connectivity index (χ0n) is 23.7. The summed E-state index contributed by atoms with van der Waals surface area (Å²) in [5.41, 5.74) is 3.33. The van der Waals surface area contributed by atoms with E-state index in [1.807, 2.05) is 24.3 Å². The Morgan fingerprint density at radius 3 is 2.10 bits per heavy atom. The molecule has 0 amide bonds. The van der Waals surface area contributed by atoms with Crippen molar-refractivity contribution in [2.24, 2.45) is 0 Å². The summed E-state index contributed by atoms with van der Waals surface area (Å²) in [6.07, 6.45) is 2.65. The van der Waals surface area contributed by atoms with Gasteiger partial charge in [-0.2, -0.15) is 0 Å². The van der Waals surface area contributed by atoms with E-state index < -0.39 is 17.0 Å². The molecule has 1 aliphatic heterocycles. The molecule has 0 unspecified atom stereocenters. The molecule has 1 N–H and O–H groups in total. The topological polar surface area (TPSA) is 110 Å². The van der Waals surface area contributed by atoms with Crippen LogP contribution < -0.4 is 23.7 Å². The first-order chi connectivity index (χ1) is 19.1. The van der Waals surface area contributed by atoms with E-state index in [2.05, 4.69) is 7.05 Å². The lowest BCUT2D eigenvalue weighted by atomic mass is 9.86. The third-order valence-electron chi connectivity index (χ3n) is 7.29. The number of methoxy groups -OCH3 is 5. The van der Waals surface area contributed by atoms with Crippen LogP contribution in [0.3, 0.4) is 0 Å². The molecule has 0 fully saturated rings. The average Bonchev–Trinajstić information content (AvgIpc) is 2.95. The van der Waals surface area contributed by atoms with E-state index in [-0.39, 0.29) is 12.6 Å². The van der Waals surface area contributed by atoms with Gasteiger partial charge in [0.1, 0.15) is 11.1 Å². The van der Waals surface area contributed by atoms with Gasteiger partial charge in [0.25, 0.3) is 0 Å². The number of quaternary nitrogens is 1. The molecule has 10 nitrogen and oxygen atoms in total. The predicted molar refractivity (Wildman–Crippen MR) is 149 cm³/mol. The lowest BCUT2D eigenvalue weighted by Gasteiger charge is -2.46. The SMILES string of the molecule is COc1cc2c(cc1OC)[C@@H](Cc1cc(OC)c(OC)c(OC)c1)[N@+](C)(CCCOC(=O)/C(Cl)=C/C(=O)O)CC2. The molecule has 1 aliphatic rings. The zero-order chi connectivity index (χ0) is 29.4. The second-order valence-corrected chi connectivity index (χ2v) is 10.1. The van der Waals surface area contributed by atoms with Crippen LogP contribution in [0.25, 0.3) is 0 Å². The molecule has 2 aromatic rings. The minimum Gasteiger partial charge on any atom is -0.493 e. The van der Waals surface area contributed by atoms with Crippen molar-refractivity contribution in [2.45, 2.75) is 25.3 Å². The van der Waals surface area contributed by atoms with Gasteiger partial charge in [-0.3, -0.25) is 0 Å². The summed E-state index contributed by atoms with van der Waals surface area (Å²) in [6, 6.07) is 8.01. The molecule has 11 heteroatoms. The number of likely N-dealkylation sites (N-methyl/N-ethyl adjacent to an activating group) is 1. The summed E-state index contributed by atoms with van der Waals surface area (Å²) in [4.78, 5) is 22.8. The number of nitrogens with zero attached hydrogens (tertiary/aromatic N) is 1. The van der Waals surface area contributed by atoms with E-state index in [0.717, 1.165) is 24.1 Å². The van der Waals surface area contributed by atoms with E-state index in [9.17, 15) is 9.59 Å². The maximum Gasteiger partial charge on any atom is 0.350 e. The summed E-state index contributed by atoms with van der Waals surface area (Å²) in [6.45, 7) is 1.63. The molecule has 2 aromatic carbocycles. The van der Waals surface area contributed by atoms with E-state index >= 15 is 0 Å². The second kappa shape index (κ2) is 13.6. The maximum absolute atomic E-state index is 12.0. The average molecular weight is 579 g/mol. The molecule has 0 spiro atoms. The summed E-state index contributed by atoms with van der Waals surface area (Å²) >= 11 is 5.73. The van der Waals surface area contributed by atoms with Crippen LogP contribution >= 0.6 is 11.6 Å². The van der Waals surface area contributed by atoms with Crippen LogP contribution in [-0.2, 0) is 27.2 Å². The highest BCUT2D eigenvalue weighted by molar-refractivity contribution is 6.42. The molecule has 0 saturated carbocycles. The molecule has 0 saturated heterocycles. The fourth-order valence-electron chi connectivity index (χ4n) is 5.23. The number of rotatable bonds is 13. The first-order valence-electron chi connectivity index (χ1n) is 12.8. The number of carboxylic acid groups (broad SMARTS) is 1. The van der Waals surface area contributed by atoms with Crippen molar-refractivity contribution in [3.63, 3.8) is 0 Å². The van der Waals surface area contributed by atoms with Crippen molar-refractivity contribution in [2.75, 3.05) is 62.3 Å².